The molecule has 3 N–H and O–H groups in total. The van der Waals surface area contributed by atoms with Crippen molar-refractivity contribution in [3.05, 3.63) is 0 Å². The van der Waals surface area contributed by atoms with Gasteiger partial charge in [0.05, 0.1) is 5.25 Å². The molecule has 0 amide bonds. The van der Waals surface area contributed by atoms with Gasteiger partial charge in [-0.05, 0) is 25.7 Å². The Labute approximate surface area is 99.0 Å². The van der Waals surface area contributed by atoms with Crippen molar-refractivity contribution in [3.63, 3.8) is 0 Å². The second-order valence-electron chi connectivity index (χ2n) is 4.85. The molecule has 1 rings (SSSR count). The fourth-order valence-electron chi connectivity index (χ4n) is 2.24. The van der Waals surface area contributed by atoms with E-state index < -0.39 is 15.3 Å². The van der Waals surface area contributed by atoms with E-state index in [1.54, 1.807) is 6.92 Å². The average molecular weight is 248 g/mol. The van der Waals surface area contributed by atoms with E-state index in [4.69, 9.17) is 5.73 Å². The molecule has 0 aliphatic heterocycles. The Morgan fingerprint density at radius 1 is 1.44 bits per heavy atom. The highest BCUT2D eigenvalue weighted by Crippen LogP contribution is 2.27. The van der Waals surface area contributed by atoms with Gasteiger partial charge in [0.1, 0.15) is 0 Å². The standard InChI is InChI=1S/C11H24N2O2S/c1-3-10-5-4-6-11(7-10)13-16(14,15)9(2)8-12/h9-11,13H,3-8,12H2,1-2H3. The van der Waals surface area contributed by atoms with E-state index >= 15 is 0 Å². The molecule has 3 atom stereocenters. The van der Waals surface area contributed by atoms with Crippen LogP contribution in [0.2, 0.25) is 0 Å². The molecule has 0 aromatic heterocycles. The minimum Gasteiger partial charge on any atom is -0.329 e. The van der Waals surface area contributed by atoms with Crippen molar-refractivity contribution in [1.29, 1.82) is 0 Å². The maximum absolute atomic E-state index is 11.8. The van der Waals surface area contributed by atoms with Crippen molar-refractivity contribution in [2.24, 2.45) is 11.7 Å². The third-order valence-corrected chi connectivity index (χ3v) is 5.47. The summed E-state index contributed by atoms with van der Waals surface area (Å²) in [7, 11) is -3.22. The number of nitrogens with two attached hydrogens (primary N) is 1. The minimum absolute atomic E-state index is 0.123. The molecule has 0 aromatic carbocycles. The zero-order valence-corrected chi connectivity index (χ0v) is 11.1. The lowest BCUT2D eigenvalue weighted by Gasteiger charge is -2.29. The second-order valence-corrected chi connectivity index (χ2v) is 6.98. The van der Waals surface area contributed by atoms with Crippen LogP contribution >= 0.6 is 0 Å². The van der Waals surface area contributed by atoms with Crippen LogP contribution in [-0.2, 0) is 10.0 Å². The Morgan fingerprint density at radius 3 is 2.69 bits per heavy atom. The molecule has 5 heteroatoms. The summed E-state index contributed by atoms with van der Waals surface area (Å²) in [6.07, 6.45) is 5.45. The summed E-state index contributed by atoms with van der Waals surface area (Å²) in [6.45, 7) is 4.01. The zero-order chi connectivity index (χ0) is 12.2. The van der Waals surface area contributed by atoms with E-state index in [1.165, 1.54) is 6.42 Å². The highest BCUT2D eigenvalue weighted by molar-refractivity contribution is 7.90. The van der Waals surface area contributed by atoms with Crippen molar-refractivity contribution < 1.29 is 8.42 Å². The fraction of sp³-hybridized carbons (Fsp3) is 1.00. The molecule has 0 saturated heterocycles. The van der Waals surface area contributed by atoms with Crippen LogP contribution in [0.15, 0.2) is 0 Å². The molecule has 0 radical (unpaired) electrons. The normalized spacial score (nSPS) is 28.9. The van der Waals surface area contributed by atoms with Crippen LogP contribution in [0.4, 0.5) is 0 Å². The van der Waals surface area contributed by atoms with Gasteiger partial charge in [-0.1, -0.05) is 26.2 Å². The molecule has 1 fully saturated rings. The first-order chi connectivity index (χ1) is 7.49. The summed E-state index contributed by atoms with van der Waals surface area (Å²) in [4.78, 5) is 0. The molecule has 3 unspecified atom stereocenters. The van der Waals surface area contributed by atoms with Gasteiger partial charge in [0.25, 0.3) is 0 Å². The van der Waals surface area contributed by atoms with Crippen LogP contribution in [0.1, 0.15) is 46.0 Å². The quantitative estimate of drug-likeness (QED) is 0.768. The molecular weight excluding hydrogens is 224 g/mol. The van der Waals surface area contributed by atoms with E-state index in [0.717, 1.165) is 25.7 Å². The fourth-order valence-corrected chi connectivity index (χ4v) is 3.41. The summed E-state index contributed by atoms with van der Waals surface area (Å²) < 4.78 is 26.5. The maximum atomic E-state index is 11.8. The van der Waals surface area contributed by atoms with Gasteiger partial charge in [-0.15, -0.1) is 0 Å². The van der Waals surface area contributed by atoms with Crippen LogP contribution in [0.25, 0.3) is 0 Å². The molecule has 1 saturated carbocycles. The van der Waals surface area contributed by atoms with Gasteiger partial charge in [-0.25, -0.2) is 13.1 Å². The molecule has 16 heavy (non-hydrogen) atoms. The van der Waals surface area contributed by atoms with E-state index in [-0.39, 0.29) is 12.6 Å². The summed E-state index contributed by atoms with van der Waals surface area (Å²) in [5.74, 6) is 0.676. The van der Waals surface area contributed by atoms with Crippen molar-refractivity contribution in [2.75, 3.05) is 6.54 Å². The maximum Gasteiger partial charge on any atom is 0.215 e. The minimum atomic E-state index is -3.22. The summed E-state index contributed by atoms with van der Waals surface area (Å²) in [5.41, 5.74) is 5.40. The number of sulfonamides is 1. The van der Waals surface area contributed by atoms with Crippen molar-refractivity contribution in [3.8, 4) is 0 Å². The van der Waals surface area contributed by atoms with Gasteiger partial charge in [-0.2, -0.15) is 0 Å². The second kappa shape index (κ2) is 5.98. The SMILES string of the molecule is CCC1CCCC(NS(=O)(=O)C(C)CN)C1. The van der Waals surface area contributed by atoms with Crippen molar-refractivity contribution in [1.82, 2.24) is 4.72 Å². The van der Waals surface area contributed by atoms with Crippen LogP contribution in [0.5, 0.6) is 0 Å². The molecule has 0 spiro atoms. The Hall–Kier alpha value is -0.130. The smallest absolute Gasteiger partial charge is 0.215 e. The van der Waals surface area contributed by atoms with Crippen LogP contribution in [-0.4, -0.2) is 26.3 Å². The molecule has 4 nitrogen and oxygen atoms in total. The molecular formula is C11H24N2O2S. The molecule has 0 heterocycles. The highest BCUT2D eigenvalue weighted by atomic mass is 32.2. The van der Waals surface area contributed by atoms with Crippen molar-refractivity contribution >= 4 is 10.0 Å². The van der Waals surface area contributed by atoms with E-state index in [9.17, 15) is 8.42 Å². The Morgan fingerprint density at radius 2 is 2.12 bits per heavy atom. The van der Waals surface area contributed by atoms with Gasteiger partial charge in [0.15, 0.2) is 0 Å². The van der Waals surface area contributed by atoms with E-state index in [0.29, 0.717) is 5.92 Å². The largest absolute Gasteiger partial charge is 0.329 e. The first-order valence-corrected chi connectivity index (χ1v) is 7.75. The summed E-state index contributed by atoms with van der Waals surface area (Å²) in [5, 5.41) is -0.491. The number of rotatable bonds is 5. The lowest BCUT2D eigenvalue weighted by molar-refractivity contribution is 0.300. The Balaban J connectivity index is 2.53. The lowest BCUT2D eigenvalue weighted by atomic mass is 9.85. The van der Waals surface area contributed by atoms with Crippen LogP contribution in [0, 0.1) is 5.92 Å². The summed E-state index contributed by atoms with van der Waals surface area (Å²) in [6, 6.07) is 0.123. The number of hydrogen-bond donors (Lipinski definition) is 2. The zero-order valence-electron chi connectivity index (χ0n) is 10.3. The van der Waals surface area contributed by atoms with Crippen LogP contribution in [0.3, 0.4) is 0 Å². The van der Waals surface area contributed by atoms with Gasteiger partial charge < -0.3 is 5.73 Å². The summed E-state index contributed by atoms with van der Waals surface area (Å²) >= 11 is 0. The molecule has 1 aliphatic carbocycles. The predicted octanol–water partition coefficient (Wildman–Crippen LogP) is 1.22. The number of hydrogen-bond acceptors (Lipinski definition) is 3. The topological polar surface area (TPSA) is 72.2 Å². The van der Waals surface area contributed by atoms with E-state index in [2.05, 4.69) is 11.6 Å². The number of nitrogens with one attached hydrogen (secondary N) is 1. The van der Waals surface area contributed by atoms with Crippen molar-refractivity contribution in [2.45, 2.75) is 57.2 Å². The van der Waals surface area contributed by atoms with Gasteiger partial charge in [0.2, 0.25) is 10.0 Å². The predicted molar refractivity (Wildman–Crippen MR) is 66.6 cm³/mol. The Bertz CT molecular complexity index is 303. The lowest BCUT2D eigenvalue weighted by Crippen LogP contribution is -2.44. The third-order valence-electron chi connectivity index (χ3n) is 3.55. The monoisotopic (exact) mass is 248 g/mol. The molecule has 0 bridgehead atoms. The molecule has 1 aliphatic rings. The van der Waals surface area contributed by atoms with E-state index in [1.807, 2.05) is 0 Å². The first-order valence-electron chi connectivity index (χ1n) is 6.20. The van der Waals surface area contributed by atoms with Gasteiger partial charge in [0, 0.05) is 12.6 Å². The molecule has 0 aromatic rings. The first kappa shape index (κ1) is 13.9. The van der Waals surface area contributed by atoms with Gasteiger partial charge >= 0.3 is 0 Å². The Kier molecular flexibility index (Phi) is 5.21. The van der Waals surface area contributed by atoms with Crippen LogP contribution < -0.4 is 10.5 Å². The average Bonchev–Trinajstić information content (AvgIpc) is 2.27. The third kappa shape index (κ3) is 3.71. The highest BCUT2D eigenvalue weighted by Gasteiger charge is 2.27. The van der Waals surface area contributed by atoms with Gasteiger partial charge in [-0.3, -0.25) is 0 Å². The molecule has 96 valence electrons.